The average molecular weight is 269 g/mol. The molecule has 0 bridgehead atoms. The summed E-state index contributed by atoms with van der Waals surface area (Å²) in [6, 6.07) is 0. The van der Waals surface area contributed by atoms with E-state index in [1.54, 1.807) is 0 Å². The van der Waals surface area contributed by atoms with E-state index >= 15 is 0 Å². The van der Waals surface area contributed by atoms with Gasteiger partial charge in [-0.15, -0.1) is 0 Å². The van der Waals surface area contributed by atoms with Crippen LogP contribution in [0.4, 0.5) is 5.95 Å². The van der Waals surface area contributed by atoms with Crippen LogP contribution in [-0.4, -0.2) is 32.4 Å². The molecule has 1 aromatic rings. The first-order valence-corrected chi connectivity index (χ1v) is 6.00. The van der Waals surface area contributed by atoms with E-state index in [1.165, 1.54) is 6.20 Å². The van der Waals surface area contributed by atoms with Gasteiger partial charge in [-0.05, 0) is 24.3 Å². The largest absolute Gasteiger partial charge is 0.432 e. The van der Waals surface area contributed by atoms with Crippen LogP contribution in [0.2, 0.25) is 0 Å². The van der Waals surface area contributed by atoms with Crippen LogP contribution >= 0.6 is 0 Å². The molecule has 0 aliphatic carbocycles. The maximum absolute atomic E-state index is 10.5. The van der Waals surface area contributed by atoms with Crippen molar-refractivity contribution >= 4 is 11.7 Å². The van der Waals surface area contributed by atoms with Crippen LogP contribution in [0.15, 0.2) is 11.4 Å². The van der Waals surface area contributed by atoms with Gasteiger partial charge in [0.25, 0.3) is 0 Å². The molecule has 0 fully saturated rings. The molecule has 19 heavy (non-hydrogen) atoms. The van der Waals surface area contributed by atoms with Gasteiger partial charge in [0.2, 0.25) is 0 Å². The Morgan fingerprint density at radius 1 is 1.68 bits per heavy atom. The van der Waals surface area contributed by atoms with Gasteiger partial charge in [-0.25, -0.2) is 4.98 Å². The second kappa shape index (κ2) is 6.28. The van der Waals surface area contributed by atoms with E-state index < -0.39 is 4.92 Å². The Balaban J connectivity index is 2.79. The van der Waals surface area contributed by atoms with E-state index in [2.05, 4.69) is 15.1 Å². The van der Waals surface area contributed by atoms with Crippen LogP contribution in [0.5, 0.6) is 0 Å². The minimum atomic E-state index is -0.598. The van der Waals surface area contributed by atoms with Crippen molar-refractivity contribution in [3.8, 4) is 0 Å². The van der Waals surface area contributed by atoms with Crippen LogP contribution in [0.25, 0.3) is 0 Å². The summed E-state index contributed by atoms with van der Waals surface area (Å²) in [5.74, 6) is -0.313. The molecule has 106 valence electrons. The lowest BCUT2D eigenvalue weighted by Crippen LogP contribution is -2.27. The fraction of sp³-hybridized carbons (Fsp3) is 0.636. The van der Waals surface area contributed by atoms with Gasteiger partial charge in [0.1, 0.15) is 11.9 Å². The molecule has 0 aromatic carbocycles. The normalized spacial score (nSPS) is 12.7. The molecule has 0 spiro atoms. The van der Waals surface area contributed by atoms with E-state index in [1.807, 2.05) is 13.8 Å². The summed E-state index contributed by atoms with van der Waals surface area (Å²) in [6.45, 7) is 4.46. The highest BCUT2D eigenvalue weighted by atomic mass is 16.6. The Morgan fingerprint density at radius 2 is 2.37 bits per heavy atom. The van der Waals surface area contributed by atoms with Crippen molar-refractivity contribution in [3.05, 3.63) is 22.0 Å². The van der Waals surface area contributed by atoms with Crippen LogP contribution in [0.1, 0.15) is 32.4 Å². The lowest BCUT2D eigenvalue weighted by molar-refractivity contribution is -0.393. The number of oxime groups is 1. The predicted molar refractivity (Wildman–Crippen MR) is 70.2 cm³/mol. The first-order chi connectivity index (χ1) is 8.90. The van der Waals surface area contributed by atoms with Gasteiger partial charge < -0.3 is 21.1 Å². The molecule has 0 atom stereocenters. The fourth-order valence-electron chi connectivity index (χ4n) is 1.81. The number of H-pyrrole nitrogens is 1. The lowest BCUT2D eigenvalue weighted by Gasteiger charge is -2.24. The molecule has 4 N–H and O–H groups in total. The molecular formula is C11H19N5O3. The summed E-state index contributed by atoms with van der Waals surface area (Å²) in [6.07, 6.45) is 3.26. The number of hydrogen-bond donors (Lipinski definition) is 3. The molecule has 8 heteroatoms. The van der Waals surface area contributed by atoms with Gasteiger partial charge >= 0.3 is 5.95 Å². The molecular weight excluding hydrogens is 250 g/mol. The number of hydrogen-bond acceptors (Lipinski definition) is 6. The zero-order valence-electron chi connectivity index (χ0n) is 11.1. The summed E-state index contributed by atoms with van der Waals surface area (Å²) in [5.41, 5.74) is 6.23. The summed E-state index contributed by atoms with van der Waals surface area (Å²) in [4.78, 5) is 16.1. The zero-order chi connectivity index (χ0) is 14.5. The van der Waals surface area contributed by atoms with Crippen LogP contribution in [0, 0.1) is 15.5 Å². The van der Waals surface area contributed by atoms with Crippen molar-refractivity contribution in [1.29, 1.82) is 0 Å². The Morgan fingerprint density at radius 3 is 2.84 bits per heavy atom. The number of nitrogens with zero attached hydrogens (tertiary/aromatic N) is 3. The first-order valence-electron chi connectivity index (χ1n) is 6.00. The molecule has 0 amide bonds. The molecule has 1 heterocycles. The quantitative estimate of drug-likeness (QED) is 0.298. The van der Waals surface area contributed by atoms with Gasteiger partial charge in [0, 0.05) is 11.8 Å². The predicted octanol–water partition coefficient (Wildman–Crippen LogP) is 1.46. The minimum Gasteiger partial charge on any atom is -0.411 e. The third-order valence-corrected chi connectivity index (χ3v) is 3.05. The monoisotopic (exact) mass is 269 g/mol. The smallest absolute Gasteiger partial charge is 0.411 e. The van der Waals surface area contributed by atoms with Gasteiger partial charge in [0.15, 0.2) is 0 Å². The zero-order valence-corrected chi connectivity index (χ0v) is 11.1. The van der Waals surface area contributed by atoms with Crippen molar-refractivity contribution < 1.29 is 10.1 Å². The third-order valence-electron chi connectivity index (χ3n) is 3.05. The maximum atomic E-state index is 10.5. The van der Waals surface area contributed by atoms with Gasteiger partial charge in [0.05, 0.1) is 5.71 Å². The Kier molecular flexibility index (Phi) is 4.99. The minimum absolute atomic E-state index is 0.287. The fourth-order valence-corrected chi connectivity index (χ4v) is 1.81. The maximum Gasteiger partial charge on any atom is 0.432 e. The van der Waals surface area contributed by atoms with Crippen molar-refractivity contribution in [2.75, 3.05) is 6.54 Å². The van der Waals surface area contributed by atoms with Crippen molar-refractivity contribution in [2.24, 2.45) is 16.3 Å². The molecule has 1 aromatic heterocycles. The summed E-state index contributed by atoms with van der Waals surface area (Å²) < 4.78 is 0. The molecule has 0 saturated heterocycles. The van der Waals surface area contributed by atoms with Gasteiger partial charge in [-0.3, -0.25) is 0 Å². The molecule has 0 aliphatic rings. The standard InChI is InChI=1S/C11H19N5O3/c1-11(2,4-3-5-12)9(15-17)6-8-7-13-10(14-8)16(18)19/h7,17H,3-6,12H2,1-2H3,(H,13,14). The van der Waals surface area contributed by atoms with Crippen LogP contribution in [0.3, 0.4) is 0 Å². The van der Waals surface area contributed by atoms with Crippen LogP contribution in [-0.2, 0) is 6.42 Å². The van der Waals surface area contributed by atoms with Crippen molar-refractivity contribution in [3.63, 3.8) is 0 Å². The summed E-state index contributed by atoms with van der Waals surface area (Å²) in [5, 5.41) is 23.0. The number of imidazole rings is 1. The SMILES string of the molecule is CC(C)(CCCN)C(Cc1cnc([N+](=O)[O-])[nH]1)=NO. The Hall–Kier alpha value is -1.96. The molecule has 0 unspecified atom stereocenters. The lowest BCUT2D eigenvalue weighted by atomic mass is 9.81. The van der Waals surface area contributed by atoms with Gasteiger partial charge in [-0.2, -0.15) is 0 Å². The Bertz CT molecular complexity index is 467. The van der Waals surface area contributed by atoms with E-state index in [-0.39, 0.29) is 17.8 Å². The number of aromatic nitrogens is 2. The molecule has 1 rings (SSSR count). The first kappa shape index (κ1) is 15.1. The molecule has 0 radical (unpaired) electrons. The highest BCUT2D eigenvalue weighted by Crippen LogP contribution is 2.26. The van der Waals surface area contributed by atoms with Crippen molar-refractivity contribution in [1.82, 2.24) is 9.97 Å². The second-order valence-electron chi connectivity index (χ2n) is 4.99. The van der Waals surface area contributed by atoms with E-state index in [0.29, 0.717) is 18.0 Å². The van der Waals surface area contributed by atoms with Crippen LogP contribution < -0.4 is 5.73 Å². The van der Waals surface area contributed by atoms with E-state index in [9.17, 15) is 10.1 Å². The summed E-state index contributed by atoms with van der Waals surface area (Å²) >= 11 is 0. The average Bonchev–Trinajstić information content (AvgIpc) is 2.82. The van der Waals surface area contributed by atoms with E-state index in [4.69, 9.17) is 10.9 Å². The highest BCUT2D eigenvalue weighted by Gasteiger charge is 2.27. The molecule has 0 aliphatic heterocycles. The summed E-state index contributed by atoms with van der Waals surface area (Å²) in [7, 11) is 0. The van der Waals surface area contributed by atoms with Crippen molar-refractivity contribution in [2.45, 2.75) is 33.1 Å². The Labute approximate surface area is 110 Å². The number of nitrogens with two attached hydrogens (primary N) is 1. The third kappa shape index (κ3) is 4.02. The number of nitro groups is 1. The second-order valence-corrected chi connectivity index (χ2v) is 4.99. The number of aromatic amines is 1. The molecule has 8 nitrogen and oxygen atoms in total. The number of nitrogens with one attached hydrogen (secondary N) is 1. The number of rotatable bonds is 7. The van der Waals surface area contributed by atoms with Gasteiger partial charge in [-0.1, -0.05) is 24.0 Å². The highest BCUT2D eigenvalue weighted by molar-refractivity contribution is 5.90. The van der Waals surface area contributed by atoms with E-state index in [0.717, 1.165) is 12.8 Å². The molecule has 0 saturated carbocycles. The topological polar surface area (TPSA) is 130 Å².